The fourth-order valence-electron chi connectivity index (χ4n) is 3.55. The van der Waals surface area contributed by atoms with E-state index in [0.29, 0.717) is 12.2 Å². The van der Waals surface area contributed by atoms with Gasteiger partial charge in [0.1, 0.15) is 5.69 Å². The van der Waals surface area contributed by atoms with Crippen molar-refractivity contribution in [3.63, 3.8) is 0 Å². The first-order chi connectivity index (χ1) is 13.2. The molecule has 0 bridgehead atoms. The minimum Gasteiger partial charge on any atom is -0.371 e. The minimum atomic E-state index is -0.117. The molecule has 1 aliphatic rings. The number of nitrogens with one attached hydrogen (secondary N) is 1. The quantitative estimate of drug-likeness (QED) is 0.777. The lowest BCUT2D eigenvalue weighted by Crippen LogP contribution is -2.27. The first kappa shape index (κ1) is 19.4. The highest BCUT2D eigenvalue weighted by Crippen LogP contribution is 2.20. The zero-order valence-corrected chi connectivity index (χ0v) is 16.4. The van der Waals surface area contributed by atoms with E-state index in [1.165, 1.54) is 18.4 Å². The van der Waals surface area contributed by atoms with Gasteiger partial charge in [-0.2, -0.15) is 0 Å². The van der Waals surface area contributed by atoms with Crippen LogP contribution in [0.5, 0.6) is 0 Å². The van der Waals surface area contributed by atoms with E-state index in [9.17, 15) is 4.79 Å². The van der Waals surface area contributed by atoms with Crippen molar-refractivity contribution >= 4 is 11.6 Å². The van der Waals surface area contributed by atoms with Gasteiger partial charge in [0.15, 0.2) is 0 Å². The zero-order chi connectivity index (χ0) is 19.1. The number of pyridine rings is 1. The van der Waals surface area contributed by atoms with Crippen molar-refractivity contribution in [2.75, 3.05) is 31.1 Å². The van der Waals surface area contributed by atoms with Crippen LogP contribution in [0, 0.1) is 0 Å². The monoisotopic (exact) mass is 366 g/mol. The Hall–Kier alpha value is -2.40. The van der Waals surface area contributed by atoms with Crippen molar-refractivity contribution in [2.45, 2.75) is 39.8 Å². The van der Waals surface area contributed by atoms with E-state index in [-0.39, 0.29) is 5.91 Å². The normalized spacial score (nSPS) is 14.0. The van der Waals surface area contributed by atoms with Crippen LogP contribution in [-0.4, -0.2) is 42.0 Å². The summed E-state index contributed by atoms with van der Waals surface area (Å²) in [7, 11) is 0. The molecule has 1 amide bonds. The summed E-state index contributed by atoms with van der Waals surface area (Å²) in [6, 6.07) is 12.2. The maximum Gasteiger partial charge on any atom is 0.270 e. The van der Waals surface area contributed by atoms with Gasteiger partial charge < -0.3 is 10.2 Å². The van der Waals surface area contributed by atoms with Crippen LogP contribution in [0.4, 0.5) is 5.69 Å². The van der Waals surface area contributed by atoms with Crippen LogP contribution in [0.2, 0.25) is 0 Å². The van der Waals surface area contributed by atoms with Crippen LogP contribution in [0.3, 0.4) is 0 Å². The smallest absolute Gasteiger partial charge is 0.270 e. The largest absolute Gasteiger partial charge is 0.371 e. The minimum absolute atomic E-state index is 0.117. The molecule has 0 spiro atoms. The van der Waals surface area contributed by atoms with Gasteiger partial charge in [-0.3, -0.25) is 14.7 Å². The van der Waals surface area contributed by atoms with E-state index in [1.807, 2.05) is 18.2 Å². The van der Waals surface area contributed by atoms with Crippen molar-refractivity contribution in [1.29, 1.82) is 0 Å². The summed E-state index contributed by atoms with van der Waals surface area (Å²) in [6.45, 7) is 9.93. The van der Waals surface area contributed by atoms with E-state index in [1.54, 1.807) is 6.20 Å². The molecule has 0 saturated carbocycles. The zero-order valence-electron chi connectivity index (χ0n) is 16.4. The highest BCUT2D eigenvalue weighted by atomic mass is 16.1. The Morgan fingerprint density at radius 3 is 2.52 bits per heavy atom. The first-order valence-electron chi connectivity index (χ1n) is 9.99. The summed E-state index contributed by atoms with van der Waals surface area (Å²) in [4.78, 5) is 21.6. The second-order valence-corrected chi connectivity index (χ2v) is 7.01. The van der Waals surface area contributed by atoms with E-state index < -0.39 is 0 Å². The number of hydrogen-bond donors (Lipinski definition) is 1. The number of carbonyl (C=O) groups is 1. The molecule has 1 fully saturated rings. The maximum atomic E-state index is 12.6. The standard InChI is InChI=1S/C22H30N4O/c1-3-25(4-2)17-19-10-6-5-9-18(19)16-24-22(27)21-15-20(11-12-23-21)26-13-7-8-14-26/h5-6,9-12,15H,3-4,7-8,13-14,16-17H2,1-2H3,(H,24,27). The fraction of sp³-hybridized carbons (Fsp3) is 0.455. The van der Waals surface area contributed by atoms with E-state index in [0.717, 1.165) is 44.0 Å². The van der Waals surface area contributed by atoms with Crippen LogP contribution in [0.1, 0.15) is 48.3 Å². The molecule has 27 heavy (non-hydrogen) atoms. The van der Waals surface area contributed by atoms with Crippen molar-refractivity contribution in [2.24, 2.45) is 0 Å². The third kappa shape index (κ3) is 5.07. The molecular weight excluding hydrogens is 336 g/mol. The number of nitrogens with zero attached hydrogens (tertiary/aromatic N) is 3. The average Bonchev–Trinajstić information content (AvgIpc) is 3.26. The number of carbonyl (C=O) groups excluding carboxylic acids is 1. The summed E-state index contributed by atoms with van der Waals surface area (Å²) < 4.78 is 0. The Kier molecular flexibility index (Phi) is 6.82. The molecule has 0 aliphatic carbocycles. The average molecular weight is 367 g/mol. The number of amides is 1. The van der Waals surface area contributed by atoms with Crippen molar-refractivity contribution in [3.05, 3.63) is 59.4 Å². The molecule has 5 heteroatoms. The first-order valence-corrected chi connectivity index (χ1v) is 9.99. The van der Waals surface area contributed by atoms with Gasteiger partial charge in [-0.1, -0.05) is 38.1 Å². The number of hydrogen-bond acceptors (Lipinski definition) is 4. The summed E-state index contributed by atoms with van der Waals surface area (Å²) in [5, 5.41) is 3.04. The van der Waals surface area contributed by atoms with Crippen molar-refractivity contribution in [1.82, 2.24) is 15.2 Å². The third-order valence-electron chi connectivity index (χ3n) is 5.29. The number of aromatic nitrogens is 1. The molecule has 1 aliphatic heterocycles. The van der Waals surface area contributed by atoms with E-state index in [4.69, 9.17) is 0 Å². The van der Waals surface area contributed by atoms with Crippen molar-refractivity contribution < 1.29 is 4.79 Å². The highest BCUT2D eigenvalue weighted by molar-refractivity contribution is 5.93. The van der Waals surface area contributed by atoms with Gasteiger partial charge in [-0.25, -0.2) is 0 Å². The van der Waals surface area contributed by atoms with Crippen molar-refractivity contribution in [3.8, 4) is 0 Å². The topological polar surface area (TPSA) is 48.5 Å². The molecule has 1 saturated heterocycles. The molecule has 1 aromatic heterocycles. The van der Waals surface area contributed by atoms with E-state index in [2.05, 4.69) is 52.1 Å². The van der Waals surface area contributed by atoms with Gasteiger partial charge in [0.25, 0.3) is 5.91 Å². The molecule has 1 N–H and O–H groups in total. The van der Waals surface area contributed by atoms with Crippen LogP contribution in [-0.2, 0) is 13.1 Å². The summed E-state index contributed by atoms with van der Waals surface area (Å²) in [6.07, 6.45) is 4.16. The number of benzene rings is 1. The molecule has 0 atom stereocenters. The number of anilines is 1. The summed E-state index contributed by atoms with van der Waals surface area (Å²) in [5.74, 6) is -0.117. The third-order valence-corrected chi connectivity index (χ3v) is 5.29. The van der Waals surface area contributed by atoms with Crippen LogP contribution >= 0.6 is 0 Å². The van der Waals surface area contributed by atoms with Gasteiger partial charge in [0, 0.05) is 38.1 Å². The van der Waals surface area contributed by atoms with E-state index >= 15 is 0 Å². The molecule has 1 aromatic carbocycles. The molecule has 3 rings (SSSR count). The highest BCUT2D eigenvalue weighted by Gasteiger charge is 2.15. The molecule has 2 aromatic rings. The lowest BCUT2D eigenvalue weighted by molar-refractivity contribution is 0.0946. The second-order valence-electron chi connectivity index (χ2n) is 7.01. The van der Waals surface area contributed by atoms with Crippen LogP contribution in [0.25, 0.3) is 0 Å². The van der Waals surface area contributed by atoms with Gasteiger partial charge in [0.05, 0.1) is 0 Å². The Labute approximate surface area is 162 Å². The molecular formula is C22H30N4O. The van der Waals surface area contributed by atoms with Gasteiger partial charge in [-0.15, -0.1) is 0 Å². The predicted molar refractivity (Wildman–Crippen MR) is 110 cm³/mol. The molecule has 144 valence electrons. The van der Waals surface area contributed by atoms with Crippen LogP contribution < -0.4 is 10.2 Å². The predicted octanol–water partition coefficient (Wildman–Crippen LogP) is 3.45. The molecule has 0 unspecified atom stereocenters. The van der Waals surface area contributed by atoms with Gasteiger partial charge >= 0.3 is 0 Å². The Balaban J connectivity index is 1.65. The summed E-state index contributed by atoms with van der Waals surface area (Å²) >= 11 is 0. The van der Waals surface area contributed by atoms with Gasteiger partial charge in [-0.05, 0) is 49.2 Å². The molecule has 5 nitrogen and oxygen atoms in total. The number of rotatable bonds is 8. The van der Waals surface area contributed by atoms with Gasteiger partial charge in [0.2, 0.25) is 0 Å². The lowest BCUT2D eigenvalue weighted by atomic mass is 10.1. The second kappa shape index (κ2) is 9.51. The lowest BCUT2D eigenvalue weighted by Gasteiger charge is -2.20. The Bertz CT molecular complexity index is 751. The SMILES string of the molecule is CCN(CC)Cc1ccccc1CNC(=O)c1cc(N2CCCC2)ccn1. The van der Waals surface area contributed by atoms with Crippen LogP contribution in [0.15, 0.2) is 42.6 Å². The maximum absolute atomic E-state index is 12.6. The molecule has 2 heterocycles. The Morgan fingerprint density at radius 2 is 1.81 bits per heavy atom. The summed E-state index contributed by atoms with van der Waals surface area (Å²) in [5.41, 5.74) is 4.00. The fourth-order valence-corrected chi connectivity index (χ4v) is 3.55. The molecule has 0 radical (unpaired) electrons. The Morgan fingerprint density at radius 1 is 1.11 bits per heavy atom.